The number of ether oxygens (including phenoxy) is 4. The highest BCUT2D eigenvalue weighted by atomic mass is 16.6. The molecule has 0 aromatic heterocycles. The summed E-state index contributed by atoms with van der Waals surface area (Å²) in [6.45, 7) is 9.19. The zero-order valence-corrected chi connectivity index (χ0v) is 21.7. The van der Waals surface area contributed by atoms with Crippen LogP contribution < -0.4 is 0 Å². The zero-order chi connectivity index (χ0) is 26.5. The van der Waals surface area contributed by atoms with Crippen LogP contribution in [0.1, 0.15) is 60.3 Å². The molecule has 2 saturated carbocycles. The van der Waals surface area contributed by atoms with E-state index >= 15 is 0 Å². The molecule has 9 heteroatoms. The van der Waals surface area contributed by atoms with Gasteiger partial charge in [-0.25, -0.2) is 9.59 Å². The summed E-state index contributed by atoms with van der Waals surface area (Å²) in [4.78, 5) is 36.5. The van der Waals surface area contributed by atoms with Gasteiger partial charge in [0.25, 0.3) is 0 Å². The van der Waals surface area contributed by atoms with Crippen LogP contribution >= 0.6 is 0 Å². The van der Waals surface area contributed by atoms with E-state index < -0.39 is 58.6 Å². The third kappa shape index (κ3) is 4.29. The first-order chi connectivity index (χ1) is 16.9. The lowest BCUT2D eigenvalue weighted by Gasteiger charge is -2.64. The van der Waals surface area contributed by atoms with Gasteiger partial charge in [-0.2, -0.15) is 0 Å². The first-order valence-corrected chi connectivity index (χ1v) is 12.7. The summed E-state index contributed by atoms with van der Waals surface area (Å²) in [6, 6.07) is 0. The quantitative estimate of drug-likeness (QED) is 0.231. The van der Waals surface area contributed by atoms with Crippen LogP contribution in [0.2, 0.25) is 0 Å². The van der Waals surface area contributed by atoms with E-state index in [4.69, 9.17) is 18.9 Å². The monoisotopic (exact) mass is 506 g/mol. The van der Waals surface area contributed by atoms with Crippen molar-refractivity contribution >= 4 is 17.9 Å². The molecule has 0 bridgehead atoms. The van der Waals surface area contributed by atoms with Gasteiger partial charge in [0.2, 0.25) is 0 Å². The van der Waals surface area contributed by atoms with Crippen molar-refractivity contribution in [2.24, 2.45) is 22.7 Å². The third-order valence-electron chi connectivity index (χ3n) is 9.38. The molecule has 200 valence electrons. The number of cyclic esters (lactones) is 1. The number of hydrogen-bond acceptors (Lipinski definition) is 9. The Labute approximate surface area is 211 Å². The van der Waals surface area contributed by atoms with E-state index in [1.807, 2.05) is 13.8 Å². The lowest BCUT2D eigenvalue weighted by Crippen LogP contribution is -2.70. The summed E-state index contributed by atoms with van der Waals surface area (Å²) in [7, 11) is 0. The van der Waals surface area contributed by atoms with Crippen LogP contribution in [0.3, 0.4) is 0 Å². The van der Waals surface area contributed by atoms with Crippen LogP contribution in [-0.4, -0.2) is 71.9 Å². The Morgan fingerprint density at radius 3 is 2.58 bits per heavy atom. The van der Waals surface area contributed by atoms with E-state index in [0.29, 0.717) is 37.0 Å². The first-order valence-electron chi connectivity index (χ1n) is 12.7. The van der Waals surface area contributed by atoms with Gasteiger partial charge in [-0.1, -0.05) is 19.9 Å². The highest BCUT2D eigenvalue weighted by Gasteiger charge is 2.76. The predicted molar refractivity (Wildman–Crippen MR) is 127 cm³/mol. The molecule has 1 saturated heterocycles. The molecule has 2 heterocycles. The van der Waals surface area contributed by atoms with Crippen molar-refractivity contribution in [3.8, 4) is 0 Å². The second kappa shape index (κ2) is 9.58. The molecular weight excluding hydrogens is 468 g/mol. The fourth-order valence-electron chi connectivity index (χ4n) is 7.01. The third-order valence-corrected chi connectivity index (χ3v) is 9.38. The molecule has 0 aromatic carbocycles. The molecule has 0 aromatic rings. The Balaban J connectivity index is 1.80. The molecule has 4 aliphatic rings. The molecule has 3 fully saturated rings. The minimum absolute atomic E-state index is 0.0301. The van der Waals surface area contributed by atoms with E-state index in [1.165, 1.54) is 13.0 Å². The van der Waals surface area contributed by atoms with Crippen LogP contribution in [0, 0.1) is 22.7 Å². The van der Waals surface area contributed by atoms with E-state index in [-0.39, 0.29) is 25.6 Å². The SMILES string of the molecule is CC=C(C)C(=O)OC1CCC2(CO2)C2(COC(C)=O)C(O)CC(C)C(C)(CC(O)C3=CC(=O)OC3)C12. The molecule has 36 heavy (non-hydrogen) atoms. The molecule has 0 radical (unpaired) electrons. The smallest absolute Gasteiger partial charge is 0.333 e. The molecule has 2 aliphatic carbocycles. The molecule has 0 amide bonds. The lowest BCUT2D eigenvalue weighted by molar-refractivity contribution is -0.253. The minimum Gasteiger partial charge on any atom is -0.465 e. The molecular formula is C27H38O9. The predicted octanol–water partition coefficient (Wildman–Crippen LogP) is 2.23. The largest absolute Gasteiger partial charge is 0.465 e. The summed E-state index contributed by atoms with van der Waals surface area (Å²) < 4.78 is 22.7. The Bertz CT molecular complexity index is 980. The second-order valence-corrected chi connectivity index (χ2v) is 11.2. The molecule has 4 rings (SSSR count). The summed E-state index contributed by atoms with van der Waals surface area (Å²) in [6.07, 6.45) is 2.30. The summed E-state index contributed by atoms with van der Waals surface area (Å²) in [5, 5.41) is 22.9. The second-order valence-electron chi connectivity index (χ2n) is 11.2. The Hall–Kier alpha value is -2.23. The fraction of sp³-hybridized carbons (Fsp3) is 0.741. The van der Waals surface area contributed by atoms with Gasteiger partial charge in [0, 0.05) is 30.1 Å². The molecule has 8 unspecified atom stereocenters. The number of aliphatic hydroxyl groups excluding tert-OH is 2. The van der Waals surface area contributed by atoms with Crippen LogP contribution in [0.4, 0.5) is 0 Å². The summed E-state index contributed by atoms with van der Waals surface area (Å²) >= 11 is 0. The summed E-state index contributed by atoms with van der Waals surface area (Å²) in [5.74, 6) is -1.97. The number of fused-ring (bicyclic) bond motifs is 2. The average molecular weight is 507 g/mol. The van der Waals surface area contributed by atoms with Crippen molar-refractivity contribution in [2.45, 2.75) is 84.2 Å². The van der Waals surface area contributed by atoms with Gasteiger partial charge >= 0.3 is 17.9 Å². The van der Waals surface area contributed by atoms with Gasteiger partial charge in [0.05, 0.1) is 24.2 Å². The van der Waals surface area contributed by atoms with E-state index in [0.717, 1.165) is 0 Å². The zero-order valence-electron chi connectivity index (χ0n) is 21.7. The average Bonchev–Trinajstić information content (AvgIpc) is 3.47. The molecule has 1 spiro atoms. The number of epoxide rings is 1. The number of hydrogen-bond donors (Lipinski definition) is 2. The Morgan fingerprint density at radius 1 is 1.33 bits per heavy atom. The number of allylic oxidation sites excluding steroid dienone is 1. The van der Waals surface area contributed by atoms with Gasteiger partial charge in [0.15, 0.2) is 0 Å². The van der Waals surface area contributed by atoms with Crippen molar-refractivity contribution in [3.63, 3.8) is 0 Å². The van der Waals surface area contributed by atoms with Crippen molar-refractivity contribution in [1.82, 2.24) is 0 Å². The highest BCUT2D eigenvalue weighted by molar-refractivity contribution is 5.87. The topological polar surface area (TPSA) is 132 Å². The van der Waals surface area contributed by atoms with Crippen molar-refractivity contribution in [2.75, 3.05) is 19.8 Å². The van der Waals surface area contributed by atoms with Gasteiger partial charge in [0.1, 0.15) is 24.9 Å². The molecule has 2 N–H and O–H groups in total. The molecule has 2 aliphatic heterocycles. The van der Waals surface area contributed by atoms with Crippen LogP contribution in [0.25, 0.3) is 0 Å². The summed E-state index contributed by atoms with van der Waals surface area (Å²) in [5.41, 5.74) is -1.43. The van der Waals surface area contributed by atoms with Crippen LogP contribution in [0.15, 0.2) is 23.3 Å². The Morgan fingerprint density at radius 2 is 2.03 bits per heavy atom. The lowest BCUT2D eigenvalue weighted by atomic mass is 9.42. The molecule has 9 nitrogen and oxygen atoms in total. The highest BCUT2D eigenvalue weighted by Crippen LogP contribution is 2.69. The van der Waals surface area contributed by atoms with Crippen molar-refractivity contribution in [3.05, 3.63) is 23.3 Å². The number of esters is 3. The van der Waals surface area contributed by atoms with E-state index in [2.05, 4.69) is 0 Å². The van der Waals surface area contributed by atoms with Crippen molar-refractivity contribution < 1.29 is 43.5 Å². The van der Waals surface area contributed by atoms with Crippen LogP contribution in [0.5, 0.6) is 0 Å². The molecule has 8 atom stereocenters. The van der Waals surface area contributed by atoms with Gasteiger partial charge in [-0.05, 0) is 50.9 Å². The number of rotatable bonds is 7. The van der Waals surface area contributed by atoms with Gasteiger partial charge in [-0.3, -0.25) is 4.79 Å². The maximum Gasteiger partial charge on any atom is 0.333 e. The normalized spacial score (nSPS) is 40.7. The van der Waals surface area contributed by atoms with E-state index in [1.54, 1.807) is 19.9 Å². The van der Waals surface area contributed by atoms with Crippen molar-refractivity contribution in [1.29, 1.82) is 0 Å². The fourth-order valence-corrected chi connectivity index (χ4v) is 7.01. The first kappa shape index (κ1) is 26.8. The number of aliphatic hydroxyl groups is 2. The minimum atomic E-state index is -1.02. The Kier molecular flexibility index (Phi) is 7.13. The standard InChI is InChI=1S/C27H38O9/c1-6-15(2)24(32)36-20-7-8-26(13-35-26)27(14-34-17(4)28)21(30)9-16(3)25(5,23(20)27)11-19(29)18-10-22(31)33-12-18/h6,10,16,19-21,23,29-30H,7-9,11-14H2,1-5H3. The van der Waals surface area contributed by atoms with Gasteiger partial charge < -0.3 is 29.2 Å². The van der Waals surface area contributed by atoms with E-state index in [9.17, 15) is 24.6 Å². The maximum absolute atomic E-state index is 12.9. The number of carbonyl (C=O) groups is 3. The maximum atomic E-state index is 12.9. The number of carbonyl (C=O) groups excluding carboxylic acids is 3. The van der Waals surface area contributed by atoms with Gasteiger partial charge in [-0.15, -0.1) is 0 Å². The van der Waals surface area contributed by atoms with Crippen LogP contribution in [-0.2, 0) is 33.3 Å².